The molecule has 0 saturated heterocycles. The number of hydrogen-bond donors (Lipinski definition) is 3. The van der Waals surface area contributed by atoms with E-state index in [1.165, 1.54) is 19.2 Å². The molecule has 0 aliphatic heterocycles. The summed E-state index contributed by atoms with van der Waals surface area (Å²) in [6.07, 6.45) is -3.56. The maximum Gasteiger partial charge on any atom is 0.421 e. The molecule has 0 unspecified atom stereocenters. The van der Waals surface area contributed by atoms with Gasteiger partial charge < -0.3 is 20.7 Å². The molecule has 0 aliphatic rings. The highest BCUT2D eigenvalue weighted by molar-refractivity contribution is 6.42. The van der Waals surface area contributed by atoms with Gasteiger partial charge in [0.25, 0.3) is 0 Å². The smallest absolute Gasteiger partial charge is 0.375 e. The lowest BCUT2D eigenvalue weighted by Crippen LogP contribution is -2.29. The second kappa shape index (κ2) is 10.5. The van der Waals surface area contributed by atoms with E-state index in [2.05, 4.69) is 30.7 Å². The predicted molar refractivity (Wildman–Crippen MR) is 105 cm³/mol. The van der Waals surface area contributed by atoms with Crippen molar-refractivity contribution in [2.75, 3.05) is 37.4 Å². The van der Waals surface area contributed by atoms with Gasteiger partial charge in [-0.2, -0.15) is 18.2 Å². The predicted octanol–water partition coefficient (Wildman–Crippen LogP) is 4.11. The van der Waals surface area contributed by atoms with Crippen LogP contribution in [0, 0.1) is 0 Å². The van der Waals surface area contributed by atoms with E-state index in [0.717, 1.165) is 0 Å². The van der Waals surface area contributed by atoms with Gasteiger partial charge in [0.05, 0.1) is 10.0 Å². The van der Waals surface area contributed by atoms with Crippen LogP contribution in [0.4, 0.5) is 30.6 Å². The maximum absolute atomic E-state index is 13.2. The summed E-state index contributed by atoms with van der Waals surface area (Å²) in [5, 5.41) is 8.60. The molecule has 2 rings (SSSR count). The molecule has 29 heavy (non-hydrogen) atoms. The number of carbonyl (C=O) groups excluding carboxylic acids is 1. The average Bonchev–Trinajstić information content (AvgIpc) is 2.64. The van der Waals surface area contributed by atoms with E-state index in [1.54, 1.807) is 6.07 Å². The van der Waals surface area contributed by atoms with Crippen molar-refractivity contribution in [2.45, 2.75) is 12.6 Å². The van der Waals surface area contributed by atoms with E-state index in [4.69, 9.17) is 23.2 Å². The molecule has 1 heterocycles. The Hall–Kier alpha value is -2.30. The van der Waals surface area contributed by atoms with Crippen LogP contribution in [-0.4, -0.2) is 42.7 Å². The maximum atomic E-state index is 13.2. The Balaban J connectivity index is 2.06. The largest absolute Gasteiger partial charge is 0.421 e. The molecular weight excluding hydrogens is 434 g/mol. The van der Waals surface area contributed by atoms with Gasteiger partial charge in [-0.1, -0.05) is 23.2 Å². The van der Waals surface area contributed by atoms with Crippen molar-refractivity contribution in [2.24, 2.45) is 0 Å². The second-order valence-electron chi connectivity index (χ2n) is 5.77. The fraction of sp³-hybridized carbons (Fsp3) is 0.353. The number of alkyl halides is 3. The zero-order chi connectivity index (χ0) is 21.4. The number of benzene rings is 1. The number of methoxy groups -OCH3 is 1. The van der Waals surface area contributed by atoms with Gasteiger partial charge in [0.2, 0.25) is 11.9 Å². The third kappa shape index (κ3) is 7.22. The lowest BCUT2D eigenvalue weighted by Gasteiger charge is -2.15. The topological polar surface area (TPSA) is 88.2 Å². The molecule has 0 bridgehead atoms. The minimum Gasteiger partial charge on any atom is -0.375 e. The Kier molecular flexibility index (Phi) is 8.30. The van der Waals surface area contributed by atoms with Crippen LogP contribution in [0.3, 0.4) is 0 Å². The van der Waals surface area contributed by atoms with E-state index in [-0.39, 0.29) is 42.4 Å². The number of amides is 1. The normalized spacial score (nSPS) is 11.2. The number of rotatable bonds is 9. The number of nitrogens with one attached hydrogen (secondary N) is 3. The minimum absolute atomic E-state index is 0.0488. The van der Waals surface area contributed by atoms with Gasteiger partial charge in [-0.15, -0.1) is 0 Å². The highest BCUT2D eigenvalue weighted by Gasteiger charge is 2.35. The third-order valence-electron chi connectivity index (χ3n) is 3.51. The molecule has 0 atom stereocenters. The molecule has 0 spiro atoms. The first-order chi connectivity index (χ1) is 13.7. The number of ether oxygens (including phenoxy) is 1. The van der Waals surface area contributed by atoms with Crippen molar-refractivity contribution < 1.29 is 22.7 Å². The highest BCUT2D eigenvalue weighted by Crippen LogP contribution is 2.34. The van der Waals surface area contributed by atoms with Crippen LogP contribution < -0.4 is 16.0 Å². The molecule has 7 nitrogen and oxygen atoms in total. The van der Waals surface area contributed by atoms with Crippen LogP contribution in [0.5, 0.6) is 0 Å². The number of hydrogen-bond acceptors (Lipinski definition) is 6. The molecule has 0 radical (unpaired) electrons. The zero-order valence-corrected chi connectivity index (χ0v) is 16.8. The van der Waals surface area contributed by atoms with Crippen LogP contribution in [0.15, 0.2) is 24.4 Å². The standard InChI is InChI=1S/C17H18Cl2F3N5O2/c1-29-9-14(28)23-5-2-6-24-15-11(17(20,21)22)8-25-16(27-15)26-10-3-4-12(18)13(19)7-10/h3-4,7-8H,2,5-6,9H2,1H3,(H,23,28)(H2,24,25,26,27). The minimum atomic E-state index is -4.63. The van der Waals surface area contributed by atoms with Crippen LogP contribution in [-0.2, 0) is 15.7 Å². The average molecular weight is 452 g/mol. The molecule has 158 valence electrons. The lowest BCUT2D eigenvalue weighted by atomic mass is 10.3. The number of nitrogens with zero attached hydrogens (tertiary/aromatic N) is 2. The van der Waals surface area contributed by atoms with Crippen molar-refractivity contribution in [3.8, 4) is 0 Å². The van der Waals surface area contributed by atoms with E-state index >= 15 is 0 Å². The number of carbonyl (C=O) groups is 1. The summed E-state index contributed by atoms with van der Waals surface area (Å²) in [7, 11) is 1.39. The quantitative estimate of drug-likeness (QED) is 0.497. The Morgan fingerprint density at radius 1 is 1.21 bits per heavy atom. The van der Waals surface area contributed by atoms with Crippen LogP contribution in [0.1, 0.15) is 12.0 Å². The van der Waals surface area contributed by atoms with Crippen molar-refractivity contribution in [3.05, 3.63) is 40.0 Å². The summed E-state index contributed by atoms with van der Waals surface area (Å²) >= 11 is 11.8. The first-order valence-corrected chi connectivity index (χ1v) is 9.12. The monoisotopic (exact) mass is 451 g/mol. The van der Waals surface area contributed by atoms with E-state index in [1.807, 2.05) is 0 Å². The van der Waals surface area contributed by atoms with Crippen LogP contribution >= 0.6 is 23.2 Å². The van der Waals surface area contributed by atoms with E-state index < -0.39 is 11.7 Å². The number of halogens is 5. The molecule has 1 amide bonds. The summed E-state index contributed by atoms with van der Waals surface area (Å²) in [5.74, 6) is -0.732. The second-order valence-corrected chi connectivity index (χ2v) is 6.59. The fourth-order valence-corrected chi connectivity index (χ4v) is 2.49. The molecule has 0 fully saturated rings. The van der Waals surface area contributed by atoms with Gasteiger partial charge in [0.1, 0.15) is 18.0 Å². The van der Waals surface area contributed by atoms with Gasteiger partial charge in [-0.25, -0.2) is 4.98 Å². The lowest BCUT2D eigenvalue weighted by molar-refractivity contribution is -0.137. The molecule has 12 heteroatoms. The molecule has 1 aromatic heterocycles. The molecule has 2 aromatic rings. The van der Waals surface area contributed by atoms with E-state index in [9.17, 15) is 18.0 Å². The van der Waals surface area contributed by atoms with Crippen molar-refractivity contribution in [3.63, 3.8) is 0 Å². The summed E-state index contributed by atoms with van der Waals surface area (Å²) < 4.78 is 44.3. The fourth-order valence-electron chi connectivity index (χ4n) is 2.19. The van der Waals surface area contributed by atoms with E-state index in [0.29, 0.717) is 23.3 Å². The van der Waals surface area contributed by atoms with Crippen LogP contribution in [0.2, 0.25) is 10.0 Å². The Bertz CT molecular complexity index is 852. The number of aromatic nitrogens is 2. The molecule has 1 aromatic carbocycles. The molecule has 3 N–H and O–H groups in total. The van der Waals surface area contributed by atoms with Gasteiger partial charge in [-0.05, 0) is 24.6 Å². The van der Waals surface area contributed by atoms with Gasteiger partial charge in [-0.3, -0.25) is 4.79 Å². The first-order valence-electron chi connectivity index (χ1n) is 8.36. The zero-order valence-electron chi connectivity index (χ0n) is 15.2. The van der Waals surface area contributed by atoms with Crippen molar-refractivity contribution in [1.82, 2.24) is 15.3 Å². The van der Waals surface area contributed by atoms with Crippen LogP contribution in [0.25, 0.3) is 0 Å². The summed E-state index contributed by atoms with van der Waals surface area (Å²) in [6, 6.07) is 4.62. The Morgan fingerprint density at radius 2 is 1.97 bits per heavy atom. The Morgan fingerprint density at radius 3 is 2.62 bits per heavy atom. The Labute approximate surface area is 175 Å². The highest BCUT2D eigenvalue weighted by atomic mass is 35.5. The van der Waals surface area contributed by atoms with Gasteiger partial charge in [0, 0.05) is 32.1 Å². The van der Waals surface area contributed by atoms with Crippen molar-refractivity contribution in [1.29, 1.82) is 0 Å². The SMILES string of the molecule is COCC(=O)NCCCNc1nc(Nc2ccc(Cl)c(Cl)c2)ncc1C(F)(F)F. The molecule has 0 aliphatic carbocycles. The first kappa shape index (κ1) is 23.0. The molecular formula is C17H18Cl2F3N5O2. The van der Waals surface area contributed by atoms with Gasteiger partial charge >= 0.3 is 6.18 Å². The molecule has 0 saturated carbocycles. The number of anilines is 3. The summed E-state index contributed by atoms with van der Waals surface area (Å²) in [4.78, 5) is 18.9. The van der Waals surface area contributed by atoms with Crippen molar-refractivity contribution >= 4 is 46.6 Å². The van der Waals surface area contributed by atoms with Gasteiger partial charge in [0.15, 0.2) is 0 Å². The summed E-state index contributed by atoms with van der Waals surface area (Å²) in [6.45, 7) is 0.344. The third-order valence-corrected chi connectivity index (χ3v) is 4.25. The summed E-state index contributed by atoms with van der Waals surface area (Å²) in [5.41, 5.74) is -0.536.